The average Bonchev–Trinajstić information content (AvgIpc) is 2.60. The quantitative estimate of drug-likeness (QED) is 0.754. The number of halogens is 1. The van der Waals surface area contributed by atoms with E-state index < -0.39 is 6.10 Å². The Labute approximate surface area is 161 Å². The Bertz CT molecular complexity index is 597. The van der Waals surface area contributed by atoms with Gasteiger partial charge in [-0.15, -0.1) is 12.4 Å². The fourth-order valence-electron chi connectivity index (χ4n) is 3.13. The molecule has 146 valence electrons. The van der Waals surface area contributed by atoms with Crippen LogP contribution in [0.25, 0.3) is 0 Å². The fourth-order valence-corrected chi connectivity index (χ4v) is 3.13. The number of nitrogens with zero attached hydrogens (tertiary/aromatic N) is 1. The lowest BCUT2D eigenvalue weighted by Gasteiger charge is -2.37. The highest BCUT2D eigenvalue weighted by atomic mass is 35.5. The Hall–Kier alpha value is -1.79. The molecule has 2 rings (SSSR count). The molecular weight excluding hydrogens is 354 g/mol. The summed E-state index contributed by atoms with van der Waals surface area (Å²) in [6.45, 7) is 5.29. The van der Waals surface area contributed by atoms with E-state index in [1.165, 1.54) is 0 Å². The molecule has 1 aromatic carbocycles. The summed E-state index contributed by atoms with van der Waals surface area (Å²) >= 11 is 0. The summed E-state index contributed by atoms with van der Waals surface area (Å²) in [5, 5.41) is 2.88. The number of hydrogen-bond donors (Lipinski definition) is 2. The van der Waals surface area contributed by atoms with Crippen molar-refractivity contribution in [2.24, 2.45) is 5.73 Å². The van der Waals surface area contributed by atoms with Crippen molar-refractivity contribution in [1.29, 1.82) is 0 Å². The zero-order valence-corrected chi connectivity index (χ0v) is 16.4. The lowest BCUT2D eigenvalue weighted by Crippen LogP contribution is -2.52. The van der Waals surface area contributed by atoms with Crippen molar-refractivity contribution in [3.05, 3.63) is 29.8 Å². The van der Waals surface area contributed by atoms with Crippen molar-refractivity contribution < 1.29 is 14.3 Å². The van der Waals surface area contributed by atoms with Gasteiger partial charge in [-0.25, -0.2) is 0 Å². The first-order chi connectivity index (χ1) is 12.0. The van der Waals surface area contributed by atoms with Crippen LogP contribution in [0.3, 0.4) is 0 Å². The maximum absolute atomic E-state index is 12.8. The summed E-state index contributed by atoms with van der Waals surface area (Å²) in [6, 6.07) is 7.71. The summed E-state index contributed by atoms with van der Waals surface area (Å²) < 4.78 is 5.83. The van der Waals surface area contributed by atoms with Crippen LogP contribution in [0.5, 0.6) is 5.75 Å². The van der Waals surface area contributed by atoms with Crippen LogP contribution in [0, 0.1) is 6.92 Å². The van der Waals surface area contributed by atoms with Gasteiger partial charge in [-0.2, -0.15) is 0 Å². The third-order valence-corrected chi connectivity index (χ3v) is 4.47. The minimum atomic E-state index is -0.554. The highest BCUT2D eigenvalue weighted by Crippen LogP contribution is 2.20. The molecule has 1 saturated heterocycles. The Morgan fingerprint density at radius 1 is 1.38 bits per heavy atom. The van der Waals surface area contributed by atoms with Gasteiger partial charge in [0, 0.05) is 32.1 Å². The zero-order valence-electron chi connectivity index (χ0n) is 15.6. The van der Waals surface area contributed by atoms with Crippen LogP contribution in [0.4, 0.5) is 0 Å². The van der Waals surface area contributed by atoms with Gasteiger partial charge >= 0.3 is 0 Å². The van der Waals surface area contributed by atoms with Crippen LogP contribution in [0.1, 0.15) is 38.2 Å². The molecular formula is C19H30ClN3O3. The molecule has 3 N–H and O–H groups in total. The van der Waals surface area contributed by atoms with Gasteiger partial charge in [0.1, 0.15) is 5.75 Å². The minimum absolute atomic E-state index is 0. The number of carbonyl (C=O) groups is 2. The normalized spacial score (nSPS) is 17.8. The Kier molecular flexibility index (Phi) is 9.44. The van der Waals surface area contributed by atoms with Crippen LogP contribution in [-0.4, -0.2) is 48.5 Å². The van der Waals surface area contributed by atoms with Crippen molar-refractivity contribution in [1.82, 2.24) is 10.2 Å². The molecule has 0 aromatic heterocycles. The Morgan fingerprint density at radius 3 is 2.85 bits per heavy atom. The monoisotopic (exact) mass is 383 g/mol. The summed E-state index contributed by atoms with van der Waals surface area (Å²) in [4.78, 5) is 26.3. The Morgan fingerprint density at radius 2 is 2.15 bits per heavy atom. The number of hydrogen-bond acceptors (Lipinski definition) is 4. The van der Waals surface area contributed by atoms with E-state index in [2.05, 4.69) is 5.32 Å². The molecule has 0 saturated carbocycles. The van der Waals surface area contributed by atoms with Gasteiger partial charge in [0.15, 0.2) is 6.10 Å². The molecule has 26 heavy (non-hydrogen) atoms. The second-order valence-corrected chi connectivity index (χ2v) is 6.60. The van der Waals surface area contributed by atoms with Gasteiger partial charge in [0.2, 0.25) is 5.91 Å². The minimum Gasteiger partial charge on any atom is -0.481 e. The fraction of sp³-hybridized carbons (Fsp3) is 0.579. The highest BCUT2D eigenvalue weighted by Gasteiger charge is 2.30. The summed E-state index contributed by atoms with van der Waals surface area (Å²) in [6.07, 6.45) is 2.70. The van der Waals surface area contributed by atoms with Gasteiger partial charge < -0.3 is 20.7 Å². The molecule has 2 unspecified atom stereocenters. The first-order valence-electron chi connectivity index (χ1n) is 9.02. The van der Waals surface area contributed by atoms with E-state index >= 15 is 0 Å². The number of nitrogens with two attached hydrogens (primary N) is 1. The van der Waals surface area contributed by atoms with Crippen LogP contribution in [0.2, 0.25) is 0 Å². The summed E-state index contributed by atoms with van der Waals surface area (Å²) in [5.41, 5.74) is 6.49. The number of aryl methyl sites for hydroxylation is 1. The predicted molar refractivity (Wildman–Crippen MR) is 105 cm³/mol. The molecule has 1 fully saturated rings. The summed E-state index contributed by atoms with van der Waals surface area (Å²) in [5.74, 6) is 0.606. The molecule has 1 aliphatic rings. The molecule has 2 atom stereocenters. The number of amides is 2. The molecule has 0 bridgehead atoms. The van der Waals surface area contributed by atoms with Gasteiger partial charge in [0.25, 0.3) is 5.91 Å². The number of rotatable bonds is 7. The van der Waals surface area contributed by atoms with E-state index in [9.17, 15) is 9.59 Å². The predicted octanol–water partition coefficient (Wildman–Crippen LogP) is 2.03. The number of carbonyl (C=O) groups excluding carboxylic acids is 2. The number of benzene rings is 1. The zero-order chi connectivity index (χ0) is 18.2. The number of ether oxygens (including phenoxy) is 1. The molecule has 1 heterocycles. The van der Waals surface area contributed by atoms with E-state index in [1.54, 1.807) is 6.92 Å². The lowest BCUT2D eigenvalue weighted by atomic mass is 10.0. The first kappa shape index (κ1) is 22.3. The van der Waals surface area contributed by atoms with Crippen LogP contribution in [0.15, 0.2) is 24.3 Å². The maximum Gasteiger partial charge on any atom is 0.263 e. The topological polar surface area (TPSA) is 84.7 Å². The van der Waals surface area contributed by atoms with E-state index in [1.807, 2.05) is 36.1 Å². The third-order valence-electron chi connectivity index (χ3n) is 4.47. The first-order valence-corrected chi connectivity index (χ1v) is 9.02. The van der Waals surface area contributed by atoms with E-state index in [0.717, 1.165) is 24.8 Å². The number of piperidine rings is 1. The van der Waals surface area contributed by atoms with Crippen LogP contribution >= 0.6 is 12.4 Å². The molecule has 0 spiro atoms. The molecule has 7 heteroatoms. The second kappa shape index (κ2) is 11.0. The molecule has 1 aliphatic heterocycles. The van der Waals surface area contributed by atoms with Crippen molar-refractivity contribution in [2.75, 3.05) is 19.6 Å². The smallest absolute Gasteiger partial charge is 0.263 e. The Balaban J connectivity index is 0.00000338. The molecule has 6 nitrogen and oxygen atoms in total. The maximum atomic E-state index is 12.8. The van der Waals surface area contributed by atoms with Crippen molar-refractivity contribution in [2.45, 2.75) is 51.7 Å². The second-order valence-electron chi connectivity index (χ2n) is 6.60. The van der Waals surface area contributed by atoms with Crippen LogP contribution in [-0.2, 0) is 9.59 Å². The lowest BCUT2D eigenvalue weighted by molar-refractivity contribution is -0.142. The van der Waals surface area contributed by atoms with E-state index in [0.29, 0.717) is 31.8 Å². The van der Waals surface area contributed by atoms with Crippen molar-refractivity contribution in [3.63, 3.8) is 0 Å². The largest absolute Gasteiger partial charge is 0.481 e. The van der Waals surface area contributed by atoms with Crippen molar-refractivity contribution >= 4 is 24.2 Å². The highest BCUT2D eigenvalue weighted by molar-refractivity contribution is 5.85. The van der Waals surface area contributed by atoms with Gasteiger partial charge in [-0.3, -0.25) is 9.59 Å². The van der Waals surface area contributed by atoms with Crippen LogP contribution < -0.4 is 15.8 Å². The van der Waals surface area contributed by atoms with Gasteiger partial charge in [0.05, 0.1) is 0 Å². The van der Waals surface area contributed by atoms with E-state index in [4.69, 9.17) is 10.5 Å². The molecule has 2 amide bonds. The number of nitrogens with one attached hydrogen (secondary N) is 1. The molecule has 0 aliphatic carbocycles. The SMILES string of the molecule is Cc1cccc(OC(C)C(=O)N2CCCCC2CNC(=O)CCN)c1.Cl. The van der Waals surface area contributed by atoms with Gasteiger partial charge in [-0.1, -0.05) is 12.1 Å². The van der Waals surface area contributed by atoms with E-state index in [-0.39, 0.29) is 30.3 Å². The standard InChI is InChI=1S/C19H29N3O3.ClH/c1-14-6-5-8-17(12-14)25-15(2)19(24)22-11-4-3-7-16(22)13-21-18(23)9-10-20;/h5-6,8,12,15-16H,3-4,7,9-11,13,20H2,1-2H3,(H,21,23);1H. The number of likely N-dealkylation sites (tertiary alicyclic amines) is 1. The van der Waals surface area contributed by atoms with Gasteiger partial charge in [-0.05, 0) is 50.8 Å². The van der Waals surface area contributed by atoms with Crippen molar-refractivity contribution in [3.8, 4) is 5.75 Å². The molecule has 1 aromatic rings. The summed E-state index contributed by atoms with van der Waals surface area (Å²) in [7, 11) is 0. The molecule has 0 radical (unpaired) electrons. The third kappa shape index (κ3) is 6.50. The average molecular weight is 384 g/mol.